The van der Waals surface area contributed by atoms with Crippen LogP contribution in [0.1, 0.15) is 10.5 Å². The molecule has 0 aliphatic carbocycles. The van der Waals surface area contributed by atoms with Gasteiger partial charge in [-0.3, -0.25) is 14.6 Å². The van der Waals surface area contributed by atoms with Crippen LogP contribution in [-0.2, 0) is 0 Å². The highest BCUT2D eigenvalue weighted by molar-refractivity contribution is 6.12. The number of H-pyrrole nitrogens is 1. The van der Waals surface area contributed by atoms with E-state index >= 15 is 0 Å². The van der Waals surface area contributed by atoms with Crippen LogP contribution in [-0.4, -0.2) is 40.0 Å². The molecule has 7 heteroatoms. The summed E-state index contributed by atoms with van der Waals surface area (Å²) in [6.45, 7) is 0. The lowest BCUT2D eigenvalue weighted by molar-refractivity contribution is 0.0959. The molecule has 4 rings (SSSR count). The molecule has 0 saturated heterocycles. The van der Waals surface area contributed by atoms with Gasteiger partial charge in [-0.15, -0.1) is 0 Å². The SMILES string of the molecule is CNC(=O)c1[nH]n(-c2ccc(OC)cc2)c2c1ccc1nncc12. The number of rotatable bonds is 3. The van der Waals surface area contributed by atoms with E-state index in [4.69, 9.17) is 4.74 Å². The van der Waals surface area contributed by atoms with Gasteiger partial charge in [0.15, 0.2) is 0 Å². The summed E-state index contributed by atoms with van der Waals surface area (Å²) in [6.07, 6.45) is 1.71. The number of amides is 1. The summed E-state index contributed by atoms with van der Waals surface area (Å²) >= 11 is 0. The highest BCUT2D eigenvalue weighted by Crippen LogP contribution is 2.29. The van der Waals surface area contributed by atoms with Gasteiger partial charge in [-0.25, -0.2) is 0 Å². The van der Waals surface area contributed by atoms with Crippen molar-refractivity contribution >= 4 is 27.7 Å². The largest absolute Gasteiger partial charge is 0.497 e. The fourth-order valence-electron chi connectivity index (χ4n) is 2.85. The van der Waals surface area contributed by atoms with E-state index in [2.05, 4.69) is 20.6 Å². The Hall–Kier alpha value is -3.35. The van der Waals surface area contributed by atoms with Crippen LogP contribution in [0.25, 0.3) is 27.5 Å². The van der Waals surface area contributed by atoms with Gasteiger partial charge in [-0.1, -0.05) is 0 Å². The van der Waals surface area contributed by atoms with Gasteiger partial charge >= 0.3 is 0 Å². The van der Waals surface area contributed by atoms with Crippen molar-refractivity contribution < 1.29 is 9.53 Å². The molecule has 0 radical (unpaired) electrons. The second-order valence-electron chi connectivity index (χ2n) is 5.34. The van der Waals surface area contributed by atoms with Crippen molar-refractivity contribution in [2.45, 2.75) is 0 Å². The molecule has 2 aromatic heterocycles. The van der Waals surface area contributed by atoms with Gasteiger partial charge in [0, 0.05) is 17.8 Å². The number of fused-ring (bicyclic) bond motifs is 3. The Kier molecular flexibility index (Phi) is 3.19. The summed E-state index contributed by atoms with van der Waals surface area (Å²) in [6, 6.07) is 11.3. The average Bonchev–Trinajstić information content (AvgIpc) is 3.25. The van der Waals surface area contributed by atoms with E-state index < -0.39 is 0 Å². The maximum atomic E-state index is 12.2. The number of methoxy groups -OCH3 is 1. The van der Waals surface area contributed by atoms with Crippen molar-refractivity contribution in [3.8, 4) is 11.4 Å². The maximum absolute atomic E-state index is 12.2. The van der Waals surface area contributed by atoms with Crippen molar-refractivity contribution in [2.24, 2.45) is 0 Å². The van der Waals surface area contributed by atoms with Crippen molar-refractivity contribution in [2.75, 3.05) is 14.2 Å². The number of nitrogens with one attached hydrogen (secondary N) is 2. The summed E-state index contributed by atoms with van der Waals surface area (Å²) in [4.78, 5) is 12.2. The van der Waals surface area contributed by atoms with E-state index in [1.54, 1.807) is 20.4 Å². The molecule has 0 bridgehead atoms. The quantitative estimate of drug-likeness (QED) is 0.606. The fraction of sp³-hybridized carbons (Fsp3) is 0.118. The number of nitrogens with zero attached hydrogens (tertiary/aromatic N) is 3. The summed E-state index contributed by atoms with van der Waals surface area (Å²) < 4.78 is 7.07. The van der Waals surface area contributed by atoms with E-state index in [-0.39, 0.29) is 5.91 Å². The third kappa shape index (κ3) is 2.02. The summed E-state index contributed by atoms with van der Waals surface area (Å²) in [5.41, 5.74) is 3.02. The van der Waals surface area contributed by atoms with Gasteiger partial charge in [0.05, 0.1) is 30.0 Å². The lowest BCUT2D eigenvalue weighted by atomic mass is 10.1. The maximum Gasteiger partial charge on any atom is 0.269 e. The zero-order valence-corrected chi connectivity index (χ0v) is 13.2. The fourth-order valence-corrected chi connectivity index (χ4v) is 2.85. The standard InChI is InChI=1S/C17H15N5O2/c1-18-17(23)15-12-7-8-14-13(9-19-20-14)16(12)22(21-15)10-3-5-11(24-2)6-4-10/h3-9,21H,1-2H3,(H,18,23). The number of benzene rings is 2. The lowest BCUT2D eigenvalue weighted by Crippen LogP contribution is -2.18. The Morgan fingerprint density at radius 2 is 1.96 bits per heavy atom. The highest BCUT2D eigenvalue weighted by Gasteiger charge is 2.18. The molecule has 0 aliphatic rings. The van der Waals surface area contributed by atoms with Crippen LogP contribution in [0.3, 0.4) is 0 Å². The highest BCUT2D eigenvalue weighted by atomic mass is 16.5. The molecule has 2 N–H and O–H groups in total. The third-order valence-electron chi connectivity index (χ3n) is 4.05. The molecule has 0 unspecified atom stereocenters. The second-order valence-corrected chi connectivity index (χ2v) is 5.34. The first kappa shape index (κ1) is 14.3. The third-order valence-corrected chi connectivity index (χ3v) is 4.05. The van der Waals surface area contributed by atoms with Gasteiger partial charge in [0.2, 0.25) is 0 Å². The topological polar surface area (TPSA) is 84.8 Å². The summed E-state index contributed by atoms with van der Waals surface area (Å²) in [5, 5.41) is 15.6. The molecule has 24 heavy (non-hydrogen) atoms. The molecule has 2 aromatic carbocycles. The van der Waals surface area contributed by atoms with Crippen LogP contribution >= 0.6 is 0 Å². The number of carbonyl (C=O) groups excluding carboxylic acids is 1. The van der Waals surface area contributed by atoms with Gasteiger partial charge in [-0.2, -0.15) is 10.2 Å². The monoisotopic (exact) mass is 321 g/mol. The first-order valence-electron chi connectivity index (χ1n) is 7.44. The molecule has 2 heterocycles. The van der Waals surface area contributed by atoms with Gasteiger partial charge in [0.25, 0.3) is 5.91 Å². The molecule has 4 aromatic rings. The lowest BCUT2D eigenvalue weighted by Gasteiger charge is -2.07. The zero-order valence-electron chi connectivity index (χ0n) is 13.2. The number of ether oxygens (including phenoxy) is 1. The molecule has 0 aliphatic heterocycles. The smallest absolute Gasteiger partial charge is 0.269 e. The number of hydrogen-bond donors (Lipinski definition) is 2. The molecule has 7 nitrogen and oxygen atoms in total. The van der Waals surface area contributed by atoms with Crippen LogP contribution in [0, 0.1) is 0 Å². The Morgan fingerprint density at radius 3 is 2.67 bits per heavy atom. The van der Waals surface area contributed by atoms with Crippen molar-refractivity contribution in [1.82, 2.24) is 25.3 Å². The first-order valence-corrected chi connectivity index (χ1v) is 7.44. The van der Waals surface area contributed by atoms with Crippen LogP contribution in [0.5, 0.6) is 5.75 Å². The Bertz CT molecular complexity index is 1050. The zero-order chi connectivity index (χ0) is 16.7. The van der Waals surface area contributed by atoms with Crippen molar-refractivity contribution in [3.05, 3.63) is 48.3 Å². The minimum atomic E-state index is -0.181. The van der Waals surface area contributed by atoms with E-state index in [0.717, 1.165) is 33.2 Å². The van der Waals surface area contributed by atoms with E-state index in [1.165, 1.54) is 0 Å². The van der Waals surface area contributed by atoms with Crippen LogP contribution in [0.4, 0.5) is 0 Å². The molecular weight excluding hydrogens is 306 g/mol. The predicted octanol–water partition coefficient (Wildman–Crippen LogP) is 2.27. The van der Waals surface area contributed by atoms with Gasteiger partial charge < -0.3 is 10.1 Å². The van der Waals surface area contributed by atoms with Crippen molar-refractivity contribution in [1.29, 1.82) is 0 Å². The minimum Gasteiger partial charge on any atom is -0.497 e. The second kappa shape index (κ2) is 5.38. The molecule has 0 atom stereocenters. The average molecular weight is 321 g/mol. The number of hydrogen-bond acceptors (Lipinski definition) is 4. The molecule has 0 fully saturated rings. The Morgan fingerprint density at radius 1 is 1.17 bits per heavy atom. The Labute approximate surface area is 137 Å². The minimum absolute atomic E-state index is 0.181. The molecular formula is C17H15N5O2. The van der Waals surface area contributed by atoms with Gasteiger partial charge in [-0.05, 0) is 36.4 Å². The van der Waals surface area contributed by atoms with Crippen LogP contribution in [0.15, 0.2) is 42.6 Å². The number of aromatic nitrogens is 4. The Balaban J connectivity index is 2.05. The number of carbonyl (C=O) groups is 1. The summed E-state index contributed by atoms with van der Waals surface area (Å²) in [7, 11) is 3.23. The van der Waals surface area contributed by atoms with E-state index in [9.17, 15) is 4.79 Å². The summed E-state index contributed by atoms with van der Waals surface area (Å²) in [5.74, 6) is 0.586. The molecule has 0 saturated carbocycles. The molecule has 1 amide bonds. The number of aromatic amines is 1. The van der Waals surface area contributed by atoms with E-state index in [1.807, 2.05) is 41.1 Å². The first-order chi connectivity index (χ1) is 11.7. The van der Waals surface area contributed by atoms with E-state index in [0.29, 0.717) is 5.69 Å². The predicted molar refractivity (Wildman–Crippen MR) is 90.7 cm³/mol. The van der Waals surface area contributed by atoms with Crippen LogP contribution in [0.2, 0.25) is 0 Å². The van der Waals surface area contributed by atoms with Crippen LogP contribution < -0.4 is 10.1 Å². The molecule has 120 valence electrons. The molecule has 0 spiro atoms. The van der Waals surface area contributed by atoms with Crippen molar-refractivity contribution in [3.63, 3.8) is 0 Å². The normalized spacial score (nSPS) is 11.1. The van der Waals surface area contributed by atoms with Gasteiger partial charge in [0.1, 0.15) is 11.4 Å².